The van der Waals surface area contributed by atoms with Crippen molar-refractivity contribution in [1.29, 1.82) is 0 Å². The second-order valence-electron chi connectivity index (χ2n) is 6.12. The molecule has 0 aliphatic carbocycles. The van der Waals surface area contributed by atoms with E-state index >= 15 is 0 Å². The minimum Gasteiger partial charge on any atom is -0.369 e. The van der Waals surface area contributed by atoms with Gasteiger partial charge in [0.1, 0.15) is 5.82 Å². The molecule has 1 aliphatic rings. The maximum atomic E-state index is 14.1. The third-order valence-corrected chi connectivity index (χ3v) is 4.55. The molecule has 0 N–H and O–H groups in total. The van der Waals surface area contributed by atoms with E-state index in [1.165, 1.54) is 13.0 Å². The molecule has 1 saturated heterocycles. The van der Waals surface area contributed by atoms with Crippen LogP contribution < -0.4 is 9.80 Å². The standard InChI is InChI=1S/C18H21FN4O/c1-13(24)18-15(19)7-3-8-16(18)22(2)14-6-5-11-23(12-14)17-9-4-10-20-21-17/h3-4,7-10,14H,5-6,11-12H2,1-2H3. The maximum Gasteiger partial charge on any atom is 0.164 e. The van der Waals surface area contributed by atoms with Crippen LogP contribution in [0.4, 0.5) is 15.9 Å². The number of carbonyl (C=O) groups is 1. The first-order valence-electron chi connectivity index (χ1n) is 8.13. The zero-order valence-electron chi connectivity index (χ0n) is 13.9. The van der Waals surface area contributed by atoms with Crippen LogP contribution in [0.2, 0.25) is 0 Å². The molecule has 0 amide bonds. The van der Waals surface area contributed by atoms with Crippen molar-refractivity contribution in [2.75, 3.05) is 29.9 Å². The van der Waals surface area contributed by atoms with Gasteiger partial charge in [0.25, 0.3) is 0 Å². The predicted octanol–water partition coefficient (Wildman–Crippen LogP) is 2.92. The van der Waals surface area contributed by atoms with Crippen molar-refractivity contribution in [2.45, 2.75) is 25.8 Å². The lowest BCUT2D eigenvalue weighted by molar-refractivity contribution is 0.101. The minimum absolute atomic E-state index is 0.164. The van der Waals surface area contributed by atoms with Gasteiger partial charge in [-0.3, -0.25) is 4.79 Å². The van der Waals surface area contributed by atoms with Gasteiger partial charge in [0.15, 0.2) is 11.6 Å². The summed E-state index contributed by atoms with van der Waals surface area (Å²) in [7, 11) is 1.92. The lowest BCUT2D eigenvalue weighted by atomic mass is 10.0. The summed E-state index contributed by atoms with van der Waals surface area (Å²) < 4.78 is 14.1. The number of carbonyl (C=O) groups excluding carboxylic acids is 1. The summed E-state index contributed by atoms with van der Waals surface area (Å²) in [6.07, 6.45) is 3.65. The van der Waals surface area contributed by atoms with Crippen LogP contribution in [-0.2, 0) is 0 Å². The fourth-order valence-electron chi connectivity index (χ4n) is 3.29. The van der Waals surface area contributed by atoms with Gasteiger partial charge < -0.3 is 9.80 Å². The van der Waals surface area contributed by atoms with Crippen LogP contribution >= 0.6 is 0 Å². The van der Waals surface area contributed by atoms with Crippen molar-refractivity contribution in [3.8, 4) is 0 Å². The Bertz CT molecular complexity index is 722. The third kappa shape index (κ3) is 3.22. The number of anilines is 2. The van der Waals surface area contributed by atoms with Crippen LogP contribution in [0.5, 0.6) is 0 Å². The van der Waals surface area contributed by atoms with Gasteiger partial charge in [-0.1, -0.05) is 6.07 Å². The number of Topliss-reactive ketones (excluding diaryl/α,β-unsaturated/α-hetero) is 1. The fourth-order valence-corrected chi connectivity index (χ4v) is 3.29. The normalized spacial score (nSPS) is 17.6. The second-order valence-corrected chi connectivity index (χ2v) is 6.12. The molecule has 5 nitrogen and oxygen atoms in total. The van der Waals surface area contributed by atoms with E-state index in [1.54, 1.807) is 18.3 Å². The van der Waals surface area contributed by atoms with E-state index in [4.69, 9.17) is 0 Å². The van der Waals surface area contributed by atoms with Crippen LogP contribution in [0.25, 0.3) is 0 Å². The molecule has 1 aromatic carbocycles. The summed E-state index contributed by atoms with van der Waals surface area (Å²) in [5, 5.41) is 8.11. The first kappa shape index (κ1) is 16.4. The number of rotatable bonds is 4. The highest BCUT2D eigenvalue weighted by atomic mass is 19.1. The van der Waals surface area contributed by atoms with Gasteiger partial charge in [-0.2, -0.15) is 5.10 Å². The molecule has 0 spiro atoms. The van der Waals surface area contributed by atoms with Crippen molar-refractivity contribution in [1.82, 2.24) is 10.2 Å². The molecule has 6 heteroatoms. The first-order chi connectivity index (χ1) is 11.6. The molecular formula is C18H21FN4O. The summed E-state index contributed by atoms with van der Waals surface area (Å²) >= 11 is 0. The summed E-state index contributed by atoms with van der Waals surface area (Å²) in [6, 6.07) is 8.79. The highest BCUT2D eigenvalue weighted by molar-refractivity contribution is 6.00. The quantitative estimate of drug-likeness (QED) is 0.808. The highest BCUT2D eigenvalue weighted by Crippen LogP contribution is 2.28. The van der Waals surface area contributed by atoms with Crippen LogP contribution in [-0.4, -0.2) is 42.2 Å². The molecule has 1 fully saturated rings. The Morgan fingerprint density at radius 1 is 1.33 bits per heavy atom. The molecule has 1 aliphatic heterocycles. The monoisotopic (exact) mass is 328 g/mol. The molecular weight excluding hydrogens is 307 g/mol. The van der Waals surface area contributed by atoms with Crippen molar-refractivity contribution >= 4 is 17.3 Å². The molecule has 126 valence electrons. The molecule has 1 aromatic heterocycles. The van der Waals surface area contributed by atoms with E-state index in [0.29, 0.717) is 5.69 Å². The van der Waals surface area contributed by atoms with Crippen molar-refractivity contribution in [3.05, 3.63) is 47.9 Å². The number of nitrogens with zero attached hydrogens (tertiary/aromatic N) is 4. The van der Waals surface area contributed by atoms with Gasteiger partial charge in [-0.15, -0.1) is 5.10 Å². The van der Waals surface area contributed by atoms with Gasteiger partial charge in [0.05, 0.1) is 11.3 Å². The molecule has 24 heavy (non-hydrogen) atoms. The molecule has 2 aromatic rings. The van der Waals surface area contributed by atoms with E-state index in [2.05, 4.69) is 15.1 Å². The van der Waals surface area contributed by atoms with E-state index in [1.807, 2.05) is 24.1 Å². The molecule has 3 rings (SSSR count). The van der Waals surface area contributed by atoms with Crippen LogP contribution in [0.1, 0.15) is 30.1 Å². The lowest BCUT2D eigenvalue weighted by Gasteiger charge is -2.39. The number of benzene rings is 1. The highest BCUT2D eigenvalue weighted by Gasteiger charge is 2.27. The summed E-state index contributed by atoms with van der Waals surface area (Å²) in [6.45, 7) is 3.09. The van der Waals surface area contributed by atoms with Crippen molar-refractivity contribution < 1.29 is 9.18 Å². The van der Waals surface area contributed by atoms with Crippen LogP contribution in [0.15, 0.2) is 36.5 Å². The number of aromatic nitrogens is 2. The number of ketones is 1. The maximum absolute atomic E-state index is 14.1. The number of hydrogen-bond donors (Lipinski definition) is 0. The zero-order valence-corrected chi connectivity index (χ0v) is 13.9. The number of halogens is 1. The molecule has 0 radical (unpaired) electrons. The van der Waals surface area contributed by atoms with Gasteiger partial charge in [-0.05, 0) is 44.0 Å². The van der Waals surface area contributed by atoms with Gasteiger partial charge >= 0.3 is 0 Å². The Morgan fingerprint density at radius 2 is 2.17 bits per heavy atom. The molecule has 0 bridgehead atoms. The summed E-state index contributed by atoms with van der Waals surface area (Å²) in [5.74, 6) is 0.131. The minimum atomic E-state index is -0.464. The van der Waals surface area contributed by atoms with Gasteiger partial charge in [0.2, 0.25) is 0 Å². The van der Waals surface area contributed by atoms with Gasteiger partial charge in [-0.25, -0.2) is 4.39 Å². The lowest BCUT2D eigenvalue weighted by Crippen LogP contribution is -2.47. The Hall–Kier alpha value is -2.50. The smallest absolute Gasteiger partial charge is 0.164 e. The predicted molar refractivity (Wildman–Crippen MR) is 92.1 cm³/mol. The Balaban J connectivity index is 1.84. The van der Waals surface area contributed by atoms with Crippen LogP contribution in [0, 0.1) is 5.82 Å². The van der Waals surface area contributed by atoms with E-state index in [-0.39, 0.29) is 17.4 Å². The first-order valence-corrected chi connectivity index (χ1v) is 8.13. The topological polar surface area (TPSA) is 49.3 Å². The zero-order chi connectivity index (χ0) is 17.1. The average molecular weight is 328 g/mol. The molecule has 0 saturated carbocycles. The molecule has 1 atom stereocenters. The Kier molecular flexibility index (Phi) is 4.74. The molecule has 2 heterocycles. The fraction of sp³-hybridized carbons (Fsp3) is 0.389. The third-order valence-electron chi connectivity index (χ3n) is 4.55. The Labute approximate surface area is 141 Å². The number of piperidine rings is 1. The summed E-state index contributed by atoms with van der Waals surface area (Å²) in [5.41, 5.74) is 0.810. The van der Waals surface area contributed by atoms with Crippen molar-refractivity contribution in [3.63, 3.8) is 0 Å². The van der Waals surface area contributed by atoms with Crippen molar-refractivity contribution in [2.24, 2.45) is 0 Å². The van der Waals surface area contributed by atoms with Crippen LogP contribution in [0.3, 0.4) is 0 Å². The molecule has 1 unspecified atom stereocenters. The van der Waals surface area contributed by atoms with Gasteiger partial charge in [0, 0.05) is 32.4 Å². The van der Waals surface area contributed by atoms with E-state index in [9.17, 15) is 9.18 Å². The van der Waals surface area contributed by atoms with E-state index < -0.39 is 5.82 Å². The van der Waals surface area contributed by atoms with E-state index in [0.717, 1.165) is 31.7 Å². The largest absolute Gasteiger partial charge is 0.369 e. The SMILES string of the molecule is CC(=O)c1c(F)cccc1N(C)C1CCCN(c2cccnn2)C1. The Morgan fingerprint density at radius 3 is 2.88 bits per heavy atom. The summed E-state index contributed by atoms with van der Waals surface area (Å²) in [4.78, 5) is 16.1. The number of hydrogen-bond acceptors (Lipinski definition) is 5. The number of likely N-dealkylation sites (N-methyl/N-ethyl adjacent to an activating group) is 1. The second kappa shape index (κ2) is 6.95. The average Bonchev–Trinajstić information content (AvgIpc) is 2.61.